The van der Waals surface area contributed by atoms with Gasteiger partial charge >= 0.3 is 0 Å². The fourth-order valence-corrected chi connectivity index (χ4v) is 2.25. The smallest absolute Gasteiger partial charge is 0.272 e. The number of carboxylic acids is 1. The van der Waals surface area contributed by atoms with E-state index in [0.717, 1.165) is 18.2 Å². The zero-order valence-electron chi connectivity index (χ0n) is 11.9. The summed E-state index contributed by atoms with van der Waals surface area (Å²) in [6.45, 7) is 1.47. The normalized spacial score (nSPS) is 30.7. The summed E-state index contributed by atoms with van der Waals surface area (Å²) in [4.78, 5) is 21.0. The van der Waals surface area contributed by atoms with Crippen LogP contribution in [-0.4, -0.2) is 56.9 Å². The van der Waals surface area contributed by atoms with Crippen molar-refractivity contribution in [3.05, 3.63) is 33.9 Å². The third-order valence-electron chi connectivity index (χ3n) is 3.53. The number of hydrogen-bond donors (Lipinski definition) is 4. The number of carbonyl (C=O) groups excluding carboxylic acids is 1. The summed E-state index contributed by atoms with van der Waals surface area (Å²) in [5.41, 5.74) is -0.938. The Morgan fingerprint density at radius 2 is 1.87 bits per heavy atom. The number of nitro groups is 1. The molecular formula is C13H15N2O8-. The Hall–Kier alpha value is -2.27. The molecule has 0 spiro atoms. The second-order valence-electron chi connectivity index (χ2n) is 5.19. The van der Waals surface area contributed by atoms with E-state index in [9.17, 15) is 35.3 Å². The van der Waals surface area contributed by atoms with Gasteiger partial charge in [0.05, 0.1) is 17.0 Å². The van der Waals surface area contributed by atoms with Crippen molar-refractivity contribution in [2.45, 2.75) is 37.6 Å². The topological polar surface area (TPSA) is 165 Å². The van der Waals surface area contributed by atoms with Crippen molar-refractivity contribution in [1.82, 2.24) is 0 Å². The van der Waals surface area contributed by atoms with Gasteiger partial charge in [-0.3, -0.25) is 10.1 Å². The lowest BCUT2D eigenvalue weighted by atomic mass is 9.99. The number of aromatic carboxylic acids is 1. The van der Waals surface area contributed by atoms with Crippen LogP contribution in [0.5, 0.6) is 0 Å². The number of nitrogens with zero attached hydrogens (tertiary/aromatic N) is 1. The Bertz CT molecular complexity index is 590. The van der Waals surface area contributed by atoms with Gasteiger partial charge in [-0.2, -0.15) is 0 Å². The van der Waals surface area contributed by atoms with Crippen LogP contribution < -0.4 is 10.4 Å². The van der Waals surface area contributed by atoms with E-state index in [1.54, 1.807) is 0 Å². The van der Waals surface area contributed by atoms with E-state index in [0.29, 0.717) is 0 Å². The number of nitrogens with one attached hydrogen (secondary N) is 1. The molecule has 10 nitrogen and oxygen atoms in total. The molecule has 1 aliphatic rings. The average Bonchev–Trinajstić information content (AvgIpc) is 2.50. The highest BCUT2D eigenvalue weighted by atomic mass is 16.6. The minimum absolute atomic E-state index is 0.0155. The van der Waals surface area contributed by atoms with Gasteiger partial charge in [0, 0.05) is 23.4 Å². The predicted octanol–water partition coefficient (Wildman–Crippen LogP) is -1.80. The molecule has 5 atom stereocenters. The standard InChI is InChI=1S/C13H16N2O8/c1-5-9(16)10(17)11(18)12(23-5)14-7-2-6(13(19)20)3-8(4-7)15(21)22/h2-5,9-12,14,16-18H,1H3,(H,19,20)/p-1/t5-,9+,10-,11-,12+/m0/s1. The Kier molecular flexibility index (Phi) is 4.80. The van der Waals surface area contributed by atoms with Gasteiger partial charge in [0.15, 0.2) is 6.23 Å². The molecule has 0 amide bonds. The van der Waals surface area contributed by atoms with Gasteiger partial charge in [-0.05, 0) is 13.0 Å². The first-order valence-corrected chi connectivity index (χ1v) is 6.67. The molecule has 4 N–H and O–H groups in total. The Morgan fingerprint density at radius 3 is 2.43 bits per heavy atom. The lowest BCUT2D eigenvalue weighted by molar-refractivity contribution is -0.384. The highest BCUT2D eigenvalue weighted by Gasteiger charge is 2.41. The van der Waals surface area contributed by atoms with Crippen LogP contribution in [0.15, 0.2) is 18.2 Å². The molecule has 1 aliphatic heterocycles. The van der Waals surface area contributed by atoms with Gasteiger partial charge in [0.1, 0.15) is 18.3 Å². The van der Waals surface area contributed by atoms with Crippen molar-refractivity contribution in [2.75, 3.05) is 5.32 Å². The lowest BCUT2D eigenvalue weighted by Gasteiger charge is -2.39. The van der Waals surface area contributed by atoms with E-state index in [-0.39, 0.29) is 5.69 Å². The summed E-state index contributed by atoms with van der Waals surface area (Å²) >= 11 is 0. The number of nitro benzene ring substituents is 1. The van der Waals surface area contributed by atoms with Gasteiger partial charge in [-0.15, -0.1) is 0 Å². The van der Waals surface area contributed by atoms with Gasteiger partial charge < -0.3 is 35.3 Å². The molecule has 0 radical (unpaired) electrons. The molecule has 1 heterocycles. The first kappa shape index (κ1) is 17.1. The largest absolute Gasteiger partial charge is 0.545 e. The van der Waals surface area contributed by atoms with Crippen molar-refractivity contribution in [1.29, 1.82) is 0 Å². The number of anilines is 1. The SMILES string of the molecule is C[C@@H]1O[C@@H](Nc2cc(C(=O)[O-])cc([N+](=O)[O-])c2)[C@@H](O)[C@@H](O)[C@@H]1O. The summed E-state index contributed by atoms with van der Waals surface area (Å²) in [6, 6.07) is 2.95. The van der Waals surface area contributed by atoms with Crippen LogP contribution in [0.25, 0.3) is 0 Å². The van der Waals surface area contributed by atoms with Crippen LogP contribution >= 0.6 is 0 Å². The van der Waals surface area contributed by atoms with E-state index >= 15 is 0 Å². The maximum Gasteiger partial charge on any atom is 0.272 e. The number of aliphatic hydroxyl groups is 3. The van der Waals surface area contributed by atoms with E-state index in [1.807, 2.05) is 0 Å². The molecule has 1 aromatic carbocycles. The molecule has 1 saturated heterocycles. The number of non-ortho nitro benzene ring substituents is 1. The van der Waals surface area contributed by atoms with E-state index in [1.165, 1.54) is 6.92 Å². The Morgan fingerprint density at radius 1 is 1.22 bits per heavy atom. The van der Waals surface area contributed by atoms with Crippen LogP contribution in [0.4, 0.5) is 11.4 Å². The first-order valence-electron chi connectivity index (χ1n) is 6.67. The molecule has 1 aromatic rings. The van der Waals surface area contributed by atoms with Crippen LogP contribution in [-0.2, 0) is 4.74 Å². The minimum Gasteiger partial charge on any atom is -0.545 e. The molecule has 0 bridgehead atoms. The molecule has 2 rings (SSSR count). The fraction of sp³-hybridized carbons (Fsp3) is 0.462. The second-order valence-corrected chi connectivity index (χ2v) is 5.19. The van der Waals surface area contributed by atoms with Crippen molar-refractivity contribution in [3.63, 3.8) is 0 Å². The van der Waals surface area contributed by atoms with Crippen LogP contribution in [0.2, 0.25) is 0 Å². The number of aliphatic hydroxyl groups excluding tert-OH is 3. The molecule has 0 saturated carbocycles. The number of benzene rings is 1. The molecule has 0 unspecified atom stereocenters. The van der Waals surface area contributed by atoms with E-state index in [4.69, 9.17) is 4.74 Å². The monoisotopic (exact) mass is 327 g/mol. The average molecular weight is 327 g/mol. The van der Waals surface area contributed by atoms with Crippen LogP contribution in [0.3, 0.4) is 0 Å². The fourth-order valence-electron chi connectivity index (χ4n) is 2.25. The summed E-state index contributed by atoms with van der Waals surface area (Å²) in [5, 5.41) is 53.5. The summed E-state index contributed by atoms with van der Waals surface area (Å²) in [6.07, 6.45) is -6.32. The number of rotatable bonds is 4. The van der Waals surface area contributed by atoms with Gasteiger partial charge in [-0.1, -0.05) is 0 Å². The van der Waals surface area contributed by atoms with Crippen LogP contribution in [0.1, 0.15) is 17.3 Å². The molecule has 23 heavy (non-hydrogen) atoms. The molecule has 1 fully saturated rings. The third kappa shape index (κ3) is 3.56. The van der Waals surface area contributed by atoms with E-state index in [2.05, 4.69) is 5.32 Å². The van der Waals surface area contributed by atoms with Crippen molar-refractivity contribution < 1.29 is 34.9 Å². The van der Waals surface area contributed by atoms with Crippen LogP contribution in [0, 0.1) is 10.1 Å². The van der Waals surface area contributed by atoms with Crippen molar-refractivity contribution in [2.24, 2.45) is 0 Å². The number of carbonyl (C=O) groups is 1. The number of ether oxygens (including phenoxy) is 1. The third-order valence-corrected chi connectivity index (χ3v) is 3.53. The van der Waals surface area contributed by atoms with Gasteiger partial charge in [0.25, 0.3) is 5.69 Å². The highest BCUT2D eigenvalue weighted by Crippen LogP contribution is 2.26. The lowest BCUT2D eigenvalue weighted by Crippen LogP contribution is -2.58. The summed E-state index contributed by atoms with van der Waals surface area (Å²) in [5.74, 6) is -1.61. The predicted molar refractivity (Wildman–Crippen MR) is 73.4 cm³/mol. The summed E-state index contributed by atoms with van der Waals surface area (Å²) < 4.78 is 5.28. The number of carboxylic acid groups (broad SMARTS) is 1. The Balaban J connectivity index is 2.28. The molecular weight excluding hydrogens is 312 g/mol. The quantitative estimate of drug-likeness (QED) is 0.368. The molecule has 0 aromatic heterocycles. The van der Waals surface area contributed by atoms with Gasteiger partial charge in [-0.25, -0.2) is 0 Å². The molecule has 0 aliphatic carbocycles. The van der Waals surface area contributed by atoms with Crippen molar-refractivity contribution in [3.8, 4) is 0 Å². The maximum absolute atomic E-state index is 10.9. The zero-order valence-corrected chi connectivity index (χ0v) is 11.9. The first-order chi connectivity index (χ1) is 10.7. The second kappa shape index (κ2) is 6.46. The molecule has 10 heteroatoms. The zero-order chi connectivity index (χ0) is 17.3. The minimum atomic E-state index is -1.61. The highest BCUT2D eigenvalue weighted by molar-refractivity contribution is 5.88. The molecule has 126 valence electrons. The van der Waals surface area contributed by atoms with E-state index < -0.39 is 52.8 Å². The Labute approximate surface area is 130 Å². The number of hydrogen-bond acceptors (Lipinski definition) is 9. The van der Waals surface area contributed by atoms with Crippen molar-refractivity contribution >= 4 is 17.3 Å². The summed E-state index contributed by atoms with van der Waals surface area (Å²) in [7, 11) is 0. The van der Waals surface area contributed by atoms with Gasteiger partial charge in [0.2, 0.25) is 0 Å². The maximum atomic E-state index is 10.9.